The summed E-state index contributed by atoms with van der Waals surface area (Å²) in [5.41, 5.74) is 5.13. The molecule has 0 aromatic rings. The summed E-state index contributed by atoms with van der Waals surface area (Å²) < 4.78 is 0. The van der Waals surface area contributed by atoms with E-state index in [4.69, 9.17) is 5.73 Å². The number of nitrogens with two attached hydrogens (primary N) is 1. The second-order valence-electron chi connectivity index (χ2n) is 1.31. The van der Waals surface area contributed by atoms with E-state index >= 15 is 0 Å². The predicted octanol–water partition coefficient (Wildman–Crippen LogP) is -1.29. The first kappa shape index (κ1) is 6.88. The van der Waals surface area contributed by atoms with Gasteiger partial charge in [0.2, 0.25) is 0 Å². The van der Waals surface area contributed by atoms with E-state index in [0.717, 1.165) is 13.1 Å². The van der Waals surface area contributed by atoms with E-state index in [1.54, 1.807) is 0 Å². The Morgan fingerprint density at radius 1 is 1.43 bits per heavy atom. The number of hydrogen-bond donors (Lipinski definition) is 3. The van der Waals surface area contributed by atoms with Crippen molar-refractivity contribution in [2.24, 2.45) is 5.73 Å². The SMILES string of the molecule is CNCCNCN. The molecule has 0 spiro atoms. The number of likely N-dealkylation sites (N-methyl/N-ethyl adjacent to an activating group) is 1. The zero-order chi connectivity index (χ0) is 5.54. The molecule has 7 heavy (non-hydrogen) atoms. The van der Waals surface area contributed by atoms with Crippen LogP contribution in [-0.2, 0) is 0 Å². The molecule has 0 heterocycles. The fourth-order valence-corrected chi connectivity index (χ4v) is 0.315. The van der Waals surface area contributed by atoms with E-state index < -0.39 is 0 Å². The normalized spacial score (nSPS) is 9.43. The Balaban J connectivity index is 2.45. The molecular formula is C4H13N3. The van der Waals surface area contributed by atoms with Crippen molar-refractivity contribution < 1.29 is 0 Å². The molecule has 0 rings (SSSR count). The summed E-state index contributed by atoms with van der Waals surface area (Å²) in [4.78, 5) is 0. The Hall–Kier alpha value is -0.120. The summed E-state index contributed by atoms with van der Waals surface area (Å²) in [6.07, 6.45) is 0. The maximum atomic E-state index is 5.13. The molecule has 0 bridgehead atoms. The van der Waals surface area contributed by atoms with Gasteiger partial charge in [-0.15, -0.1) is 0 Å². The van der Waals surface area contributed by atoms with Crippen LogP contribution in [0.25, 0.3) is 0 Å². The molecule has 0 aliphatic heterocycles. The van der Waals surface area contributed by atoms with Crippen LogP contribution in [0.15, 0.2) is 0 Å². The third-order valence-corrected chi connectivity index (χ3v) is 0.696. The molecule has 0 amide bonds. The lowest BCUT2D eigenvalue weighted by Gasteiger charge is -1.96. The first-order valence-electron chi connectivity index (χ1n) is 2.47. The molecule has 0 saturated heterocycles. The molecular weight excluding hydrogens is 90.1 g/mol. The zero-order valence-electron chi connectivity index (χ0n) is 4.70. The third-order valence-electron chi connectivity index (χ3n) is 0.696. The minimum atomic E-state index is 0.571. The lowest BCUT2D eigenvalue weighted by atomic mass is 10.6. The average Bonchev–Trinajstić information content (AvgIpc) is 1.69. The van der Waals surface area contributed by atoms with Crippen molar-refractivity contribution in [2.75, 3.05) is 26.8 Å². The average molecular weight is 103 g/mol. The Morgan fingerprint density at radius 2 is 2.14 bits per heavy atom. The van der Waals surface area contributed by atoms with E-state index in [-0.39, 0.29) is 0 Å². The van der Waals surface area contributed by atoms with Gasteiger partial charge in [0.05, 0.1) is 0 Å². The van der Waals surface area contributed by atoms with Crippen molar-refractivity contribution in [3.63, 3.8) is 0 Å². The van der Waals surface area contributed by atoms with Crippen LogP contribution >= 0.6 is 0 Å². The van der Waals surface area contributed by atoms with Gasteiger partial charge in [-0.2, -0.15) is 0 Å². The first-order valence-corrected chi connectivity index (χ1v) is 2.47. The molecule has 0 aromatic carbocycles. The minimum absolute atomic E-state index is 0.571. The van der Waals surface area contributed by atoms with Crippen molar-refractivity contribution in [3.05, 3.63) is 0 Å². The van der Waals surface area contributed by atoms with Gasteiger partial charge in [-0.1, -0.05) is 0 Å². The molecule has 0 aromatic heterocycles. The molecule has 44 valence electrons. The molecule has 0 fully saturated rings. The van der Waals surface area contributed by atoms with Crippen molar-refractivity contribution in [2.45, 2.75) is 0 Å². The van der Waals surface area contributed by atoms with Crippen LogP contribution < -0.4 is 16.4 Å². The van der Waals surface area contributed by atoms with Crippen molar-refractivity contribution in [3.8, 4) is 0 Å². The Kier molecular flexibility index (Phi) is 5.78. The predicted molar refractivity (Wildman–Crippen MR) is 31.0 cm³/mol. The van der Waals surface area contributed by atoms with Gasteiger partial charge in [0.25, 0.3) is 0 Å². The summed E-state index contributed by atoms with van der Waals surface area (Å²) in [6.45, 7) is 2.51. The van der Waals surface area contributed by atoms with Crippen LogP contribution in [-0.4, -0.2) is 26.8 Å². The highest BCUT2D eigenvalue weighted by molar-refractivity contribution is 4.42. The highest BCUT2D eigenvalue weighted by Crippen LogP contribution is 1.47. The molecule has 4 N–H and O–H groups in total. The van der Waals surface area contributed by atoms with Gasteiger partial charge in [0.1, 0.15) is 0 Å². The quantitative estimate of drug-likeness (QED) is 0.306. The molecule has 0 unspecified atom stereocenters. The Bertz CT molecular complexity index is 26.1. The lowest BCUT2D eigenvalue weighted by molar-refractivity contribution is 0.662. The number of rotatable bonds is 4. The highest BCUT2D eigenvalue weighted by Gasteiger charge is 1.75. The fraction of sp³-hybridized carbons (Fsp3) is 1.00. The van der Waals surface area contributed by atoms with Crippen LogP contribution in [0.4, 0.5) is 0 Å². The second-order valence-corrected chi connectivity index (χ2v) is 1.31. The van der Waals surface area contributed by atoms with Crippen LogP contribution in [0.5, 0.6) is 0 Å². The molecule has 0 saturated carbocycles. The van der Waals surface area contributed by atoms with Crippen molar-refractivity contribution in [1.29, 1.82) is 0 Å². The minimum Gasteiger partial charge on any atom is -0.318 e. The van der Waals surface area contributed by atoms with E-state index in [9.17, 15) is 0 Å². The smallest absolute Gasteiger partial charge is 0.0429 e. The maximum Gasteiger partial charge on any atom is 0.0429 e. The summed E-state index contributed by atoms with van der Waals surface area (Å²) >= 11 is 0. The molecule has 3 heteroatoms. The maximum absolute atomic E-state index is 5.13. The standard InChI is InChI=1S/C4H13N3/c1-6-2-3-7-4-5/h6-7H,2-5H2,1H3. The van der Waals surface area contributed by atoms with Gasteiger partial charge >= 0.3 is 0 Å². The summed E-state index contributed by atoms with van der Waals surface area (Å²) in [6, 6.07) is 0. The summed E-state index contributed by atoms with van der Waals surface area (Å²) in [5, 5.41) is 5.95. The van der Waals surface area contributed by atoms with Gasteiger partial charge < -0.3 is 16.4 Å². The monoisotopic (exact) mass is 103 g/mol. The van der Waals surface area contributed by atoms with Crippen LogP contribution in [0, 0.1) is 0 Å². The second kappa shape index (κ2) is 5.88. The zero-order valence-corrected chi connectivity index (χ0v) is 4.70. The molecule has 0 radical (unpaired) electrons. The van der Waals surface area contributed by atoms with E-state index in [0.29, 0.717) is 6.67 Å². The van der Waals surface area contributed by atoms with Crippen LogP contribution in [0.1, 0.15) is 0 Å². The largest absolute Gasteiger partial charge is 0.318 e. The van der Waals surface area contributed by atoms with Crippen LogP contribution in [0.2, 0.25) is 0 Å². The first-order chi connectivity index (χ1) is 3.41. The van der Waals surface area contributed by atoms with Crippen molar-refractivity contribution in [1.82, 2.24) is 10.6 Å². The van der Waals surface area contributed by atoms with Crippen molar-refractivity contribution >= 4 is 0 Å². The lowest BCUT2D eigenvalue weighted by Crippen LogP contribution is -2.29. The van der Waals surface area contributed by atoms with E-state index in [2.05, 4.69) is 10.6 Å². The molecule has 0 atom stereocenters. The number of nitrogens with one attached hydrogen (secondary N) is 2. The topological polar surface area (TPSA) is 50.1 Å². The number of hydrogen-bond acceptors (Lipinski definition) is 3. The van der Waals surface area contributed by atoms with Gasteiger partial charge in [0.15, 0.2) is 0 Å². The highest BCUT2D eigenvalue weighted by atomic mass is 15.0. The third kappa shape index (κ3) is 5.88. The van der Waals surface area contributed by atoms with Gasteiger partial charge in [0, 0.05) is 19.8 Å². The Morgan fingerprint density at radius 3 is 2.57 bits per heavy atom. The van der Waals surface area contributed by atoms with E-state index in [1.165, 1.54) is 0 Å². The van der Waals surface area contributed by atoms with E-state index in [1.807, 2.05) is 7.05 Å². The van der Waals surface area contributed by atoms with Gasteiger partial charge in [-0.05, 0) is 7.05 Å². The molecule has 0 aliphatic rings. The summed E-state index contributed by atoms with van der Waals surface area (Å²) in [7, 11) is 1.91. The Labute approximate surface area is 44.3 Å². The van der Waals surface area contributed by atoms with Gasteiger partial charge in [-0.3, -0.25) is 0 Å². The van der Waals surface area contributed by atoms with Gasteiger partial charge in [-0.25, -0.2) is 0 Å². The van der Waals surface area contributed by atoms with Crippen LogP contribution in [0.3, 0.4) is 0 Å². The summed E-state index contributed by atoms with van der Waals surface area (Å²) in [5.74, 6) is 0. The molecule has 0 aliphatic carbocycles. The fourth-order valence-electron chi connectivity index (χ4n) is 0.315. The molecule has 3 nitrogen and oxygen atoms in total.